The fourth-order valence-electron chi connectivity index (χ4n) is 3.56. The van der Waals surface area contributed by atoms with Crippen molar-refractivity contribution in [2.75, 3.05) is 38.6 Å². The summed E-state index contributed by atoms with van der Waals surface area (Å²) in [6.07, 6.45) is 0. The molecule has 1 atom stereocenters. The summed E-state index contributed by atoms with van der Waals surface area (Å²) in [5.41, 5.74) is 2.74. The molecule has 0 aliphatic heterocycles. The molecule has 192 valence electrons. The van der Waals surface area contributed by atoms with Gasteiger partial charge in [0.05, 0.1) is 12.8 Å². The molecule has 1 unspecified atom stereocenters. The van der Waals surface area contributed by atoms with Gasteiger partial charge in [-0.1, -0.05) is 24.3 Å². The first-order valence-electron chi connectivity index (χ1n) is 11.4. The highest BCUT2D eigenvalue weighted by molar-refractivity contribution is 7.90. The van der Waals surface area contributed by atoms with Gasteiger partial charge in [-0.25, -0.2) is 4.31 Å². The van der Waals surface area contributed by atoms with E-state index < -0.39 is 28.7 Å². The first kappa shape index (κ1) is 28.1. The lowest BCUT2D eigenvalue weighted by atomic mass is 10.1. The predicted molar refractivity (Wildman–Crippen MR) is 138 cm³/mol. The van der Waals surface area contributed by atoms with Gasteiger partial charge in [0.2, 0.25) is 11.8 Å². The third-order valence-electron chi connectivity index (χ3n) is 5.66. The highest BCUT2D eigenvalue weighted by Gasteiger charge is 2.33. The Kier molecular flexibility index (Phi) is 9.67. The van der Waals surface area contributed by atoms with Gasteiger partial charge in [-0.15, -0.1) is 0 Å². The average molecular weight is 505 g/mol. The summed E-state index contributed by atoms with van der Waals surface area (Å²) in [5, 5.41) is 2.74. The van der Waals surface area contributed by atoms with Gasteiger partial charge in [0.15, 0.2) is 0 Å². The second-order valence-electron chi connectivity index (χ2n) is 8.53. The van der Waals surface area contributed by atoms with Gasteiger partial charge >= 0.3 is 10.2 Å². The quantitative estimate of drug-likeness (QED) is 0.507. The largest absolute Gasteiger partial charge is 0.497 e. The molecule has 2 aromatic rings. The Morgan fingerprint density at radius 2 is 1.77 bits per heavy atom. The van der Waals surface area contributed by atoms with Crippen LogP contribution in [0.4, 0.5) is 5.69 Å². The SMILES string of the molecule is CCNC(=O)C(C)N(Cc1cccc(OC)c1)C(=O)CN(c1cc(C)ccc1C)S(=O)(=O)N(C)C. The summed E-state index contributed by atoms with van der Waals surface area (Å²) in [7, 11) is 0.388. The zero-order chi connectivity index (χ0) is 26.3. The molecule has 0 spiro atoms. The number of likely N-dealkylation sites (N-methyl/N-ethyl adjacent to an activating group) is 1. The number of carbonyl (C=O) groups is 2. The smallest absolute Gasteiger partial charge is 0.304 e. The number of hydrogen-bond acceptors (Lipinski definition) is 5. The number of amides is 2. The lowest BCUT2D eigenvalue weighted by Gasteiger charge is -2.33. The van der Waals surface area contributed by atoms with Gasteiger partial charge < -0.3 is 15.0 Å². The second-order valence-corrected chi connectivity index (χ2v) is 10.6. The Morgan fingerprint density at radius 1 is 1.09 bits per heavy atom. The molecule has 1 N–H and O–H groups in total. The van der Waals surface area contributed by atoms with E-state index in [1.54, 1.807) is 52.1 Å². The summed E-state index contributed by atoms with van der Waals surface area (Å²) in [6.45, 7) is 7.14. The monoisotopic (exact) mass is 504 g/mol. The number of nitrogens with one attached hydrogen (secondary N) is 1. The van der Waals surface area contributed by atoms with E-state index in [9.17, 15) is 18.0 Å². The van der Waals surface area contributed by atoms with Crippen molar-refractivity contribution >= 4 is 27.7 Å². The highest BCUT2D eigenvalue weighted by atomic mass is 32.2. The maximum absolute atomic E-state index is 13.7. The minimum Gasteiger partial charge on any atom is -0.497 e. The number of hydrogen-bond donors (Lipinski definition) is 1. The number of aryl methyl sites for hydroxylation is 2. The van der Waals surface area contributed by atoms with Crippen LogP contribution in [0.2, 0.25) is 0 Å². The van der Waals surface area contributed by atoms with Crippen LogP contribution in [-0.4, -0.2) is 69.8 Å². The summed E-state index contributed by atoms with van der Waals surface area (Å²) < 4.78 is 34.0. The van der Waals surface area contributed by atoms with E-state index >= 15 is 0 Å². The van der Waals surface area contributed by atoms with Crippen molar-refractivity contribution in [3.05, 3.63) is 59.2 Å². The van der Waals surface area contributed by atoms with E-state index in [1.165, 1.54) is 19.0 Å². The first-order valence-corrected chi connectivity index (χ1v) is 12.8. The van der Waals surface area contributed by atoms with E-state index in [2.05, 4.69) is 5.32 Å². The topological polar surface area (TPSA) is 99.3 Å². The Balaban J connectivity index is 2.51. The number of benzene rings is 2. The van der Waals surface area contributed by atoms with Crippen molar-refractivity contribution in [3.8, 4) is 5.75 Å². The van der Waals surface area contributed by atoms with E-state index in [4.69, 9.17) is 4.74 Å². The molecule has 0 radical (unpaired) electrons. The molecule has 2 rings (SSSR count). The Morgan fingerprint density at radius 3 is 2.37 bits per heavy atom. The van der Waals surface area contributed by atoms with E-state index in [0.717, 1.165) is 19.7 Å². The molecule has 2 amide bonds. The van der Waals surface area contributed by atoms with Crippen LogP contribution in [0.5, 0.6) is 5.75 Å². The average Bonchev–Trinajstić information content (AvgIpc) is 2.82. The zero-order valence-corrected chi connectivity index (χ0v) is 22.3. The van der Waals surface area contributed by atoms with Crippen molar-refractivity contribution in [1.29, 1.82) is 0 Å². The zero-order valence-electron chi connectivity index (χ0n) is 21.5. The van der Waals surface area contributed by atoms with Crippen molar-refractivity contribution in [2.24, 2.45) is 0 Å². The Hall–Kier alpha value is -3.11. The maximum atomic E-state index is 13.7. The normalized spacial score (nSPS) is 12.2. The van der Waals surface area contributed by atoms with Crippen LogP contribution in [-0.2, 0) is 26.3 Å². The summed E-state index contributed by atoms with van der Waals surface area (Å²) >= 11 is 0. The minimum absolute atomic E-state index is 0.108. The fraction of sp³-hybridized carbons (Fsp3) is 0.440. The fourth-order valence-corrected chi connectivity index (χ4v) is 4.68. The van der Waals surface area contributed by atoms with Gasteiger partial charge in [-0.3, -0.25) is 9.59 Å². The molecule has 0 aliphatic carbocycles. The van der Waals surface area contributed by atoms with Crippen LogP contribution in [0.3, 0.4) is 0 Å². The Labute approximate surface area is 208 Å². The van der Waals surface area contributed by atoms with Crippen LogP contribution in [0.15, 0.2) is 42.5 Å². The van der Waals surface area contributed by atoms with Gasteiger partial charge in [0, 0.05) is 27.2 Å². The number of ether oxygens (including phenoxy) is 1. The third kappa shape index (κ3) is 6.95. The molecular weight excluding hydrogens is 468 g/mol. The van der Waals surface area contributed by atoms with Crippen LogP contribution in [0, 0.1) is 13.8 Å². The van der Waals surface area contributed by atoms with E-state index in [0.29, 0.717) is 23.5 Å². The number of rotatable bonds is 11. The molecule has 0 heterocycles. The molecule has 2 aromatic carbocycles. The highest BCUT2D eigenvalue weighted by Crippen LogP contribution is 2.26. The third-order valence-corrected chi connectivity index (χ3v) is 7.46. The van der Waals surface area contributed by atoms with Crippen LogP contribution < -0.4 is 14.4 Å². The lowest BCUT2D eigenvalue weighted by molar-refractivity contribution is -0.139. The molecule has 10 heteroatoms. The lowest BCUT2D eigenvalue weighted by Crippen LogP contribution is -2.52. The standard InChI is InChI=1S/C25H36N4O5S/c1-8-26-25(31)20(4)28(16-21-10-9-11-22(15-21)34-7)24(30)17-29(35(32,33)27(5)6)23-14-18(2)12-13-19(23)3/h9-15,20H,8,16-17H2,1-7H3,(H,26,31). The number of anilines is 1. The summed E-state index contributed by atoms with van der Waals surface area (Å²) in [4.78, 5) is 27.8. The van der Waals surface area contributed by atoms with Crippen molar-refractivity contribution < 1.29 is 22.7 Å². The number of carbonyl (C=O) groups excluding carboxylic acids is 2. The van der Waals surface area contributed by atoms with Crippen LogP contribution in [0.1, 0.15) is 30.5 Å². The molecule has 35 heavy (non-hydrogen) atoms. The van der Waals surface area contributed by atoms with Gasteiger partial charge in [-0.2, -0.15) is 12.7 Å². The number of methoxy groups -OCH3 is 1. The summed E-state index contributed by atoms with van der Waals surface area (Å²) in [6, 6.07) is 11.8. The molecule has 0 saturated heterocycles. The van der Waals surface area contributed by atoms with Crippen molar-refractivity contribution in [1.82, 2.24) is 14.5 Å². The predicted octanol–water partition coefficient (Wildman–Crippen LogP) is 2.48. The number of nitrogens with zero attached hydrogens (tertiary/aromatic N) is 3. The van der Waals surface area contributed by atoms with E-state index in [1.807, 2.05) is 25.1 Å². The van der Waals surface area contributed by atoms with E-state index in [-0.39, 0.29) is 12.5 Å². The minimum atomic E-state index is -4.00. The maximum Gasteiger partial charge on any atom is 0.304 e. The summed E-state index contributed by atoms with van der Waals surface area (Å²) in [5.74, 6) is -0.205. The molecule has 0 saturated carbocycles. The molecule has 0 fully saturated rings. The van der Waals surface area contributed by atoms with Gasteiger partial charge in [-0.05, 0) is 62.6 Å². The first-order chi connectivity index (χ1) is 16.4. The van der Waals surface area contributed by atoms with Crippen LogP contribution in [0.25, 0.3) is 0 Å². The van der Waals surface area contributed by atoms with Gasteiger partial charge in [0.25, 0.3) is 0 Å². The molecule has 0 aromatic heterocycles. The van der Waals surface area contributed by atoms with Crippen LogP contribution >= 0.6 is 0 Å². The molecular formula is C25H36N4O5S. The van der Waals surface area contributed by atoms with Crippen molar-refractivity contribution in [2.45, 2.75) is 40.3 Å². The molecule has 9 nitrogen and oxygen atoms in total. The van der Waals surface area contributed by atoms with Crippen molar-refractivity contribution in [3.63, 3.8) is 0 Å². The van der Waals surface area contributed by atoms with Gasteiger partial charge in [0.1, 0.15) is 18.3 Å². The molecule has 0 bridgehead atoms. The molecule has 0 aliphatic rings. The second kappa shape index (κ2) is 12.0. The Bertz CT molecular complexity index is 1150.